The molecule has 0 spiro atoms. The van der Waals surface area contributed by atoms with Crippen LogP contribution in [0.25, 0.3) is 0 Å². The third kappa shape index (κ3) is 1510. The summed E-state index contributed by atoms with van der Waals surface area (Å²) in [4.78, 5) is 0. The van der Waals surface area contributed by atoms with Gasteiger partial charge in [0.25, 0.3) is 0 Å². The summed E-state index contributed by atoms with van der Waals surface area (Å²) < 4.78 is 102. The molecule has 0 atom stereocenters. The zero-order valence-electron chi connectivity index (χ0n) is 7.03. The fourth-order valence-corrected chi connectivity index (χ4v) is 0. The molecule has 1 radical (unpaired) electrons. The van der Waals surface area contributed by atoms with E-state index in [-0.39, 0.29) is 46.3 Å². The minimum Gasteiger partial charge on any atom is -0.412 e. The maximum Gasteiger partial charge on any atom is 3.00 e. The second kappa shape index (κ2) is 12.7. The van der Waals surface area contributed by atoms with E-state index in [1.165, 1.54) is 0 Å². The van der Waals surface area contributed by atoms with Crippen molar-refractivity contribution in [1.29, 1.82) is 0 Å². The average molecular weight is 461 g/mol. The molecule has 0 aromatic rings. The van der Waals surface area contributed by atoms with Crippen molar-refractivity contribution >= 4 is 0 Å². The third-order valence-corrected chi connectivity index (χ3v) is 0. The van der Waals surface area contributed by atoms with Crippen LogP contribution in [0.4, 0.5) is 0 Å². The first-order valence-electron chi connectivity index (χ1n) is 1.85. The number of hydrogen-bond donors (Lipinski definition) is 0. The summed E-state index contributed by atoms with van der Waals surface area (Å²) in [5.74, 6) is 0. The average Bonchev–Trinajstić information content (AvgIpc) is 1.41. The Hall–Kier alpha value is 1.70. The Morgan fingerprint density at radius 3 is 0.353 bits per heavy atom. The van der Waals surface area contributed by atoms with E-state index in [1.54, 1.807) is 0 Å². The molecular weight excluding hydrogens is 459 g/mol. The van der Waals surface area contributed by atoms with Crippen LogP contribution in [-0.2, 0) is 0 Å². The minimum absolute atomic E-state index is 0. The molecule has 0 unspecified atom stereocenters. The third-order valence-electron chi connectivity index (χ3n) is 0. The van der Waals surface area contributed by atoms with Crippen molar-refractivity contribution in [2.75, 3.05) is 0 Å². The Balaban J connectivity index is -0.0000000400. The Bertz CT molecular complexity index is 91.7. The van der Waals surface area contributed by atoms with Gasteiger partial charge in [-0.05, 0) is 0 Å². The maximum atomic E-state index is 8.49. The molecular formula is H2Cl3NdO13. The number of rotatable bonds is 0. The molecule has 0 aliphatic heterocycles. The van der Waals surface area contributed by atoms with Gasteiger partial charge in [-0.2, -0.15) is 0 Å². The normalized spacial score (nSPS) is 10.6. The van der Waals surface area contributed by atoms with Crippen molar-refractivity contribution in [1.82, 2.24) is 0 Å². The Labute approximate surface area is 132 Å². The van der Waals surface area contributed by atoms with Crippen LogP contribution in [0.3, 0.4) is 0 Å². The summed E-state index contributed by atoms with van der Waals surface area (Å²) in [6.45, 7) is 0. The Morgan fingerprint density at radius 1 is 0.353 bits per heavy atom. The molecule has 0 amide bonds. The maximum absolute atomic E-state index is 8.49. The summed E-state index contributed by atoms with van der Waals surface area (Å²) in [5, 5.41) is 0. The fraction of sp³-hybridized carbons (Fsp3) is 0. The standard InChI is InChI=1S/3ClHO4.Nd.H2O/c3*2-1(3,4)5;;/h3*(H,2,3,4,5);;1H2/q;;;+3;/p-3. The monoisotopic (exact) mass is 457 g/mol. The van der Waals surface area contributed by atoms with E-state index < -0.39 is 30.7 Å². The zero-order valence-corrected chi connectivity index (χ0v) is 12.5. The van der Waals surface area contributed by atoms with E-state index in [4.69, 9.17) is 55.9 Å². The summed E-state index contributed by atoms with van der Waals surface area (Å²) >= 11 is 0. The molecule has 0 aromatic heterocycles. The fourth-order valence-electron chi connectivity index (χ4n) is 0. The summed E-state index contributed by atoms with van der Waals surface area (Å²) in [5.41, 5.74) is 0. The van der Waals surface area contributed by atoms with Gasteiger partial charge in [0.05, 0.1) is 0 Å². The minimum atomic E-state index is -4.94. The molecule has 0 saturated heterocycles. The first-order chi connectivity index (χ1) is 6.00. The first kappa shape index (κ1) is 31.2. The number of hydrogen-bond acceptors (Lipinski definition) is 12. The zero-order chi connectivity index (χ0) is 13.5. The van der Waals surface area contributed by atoms with Crippen LogP contribution in [0, 0.1) is 71.6 Å². The first-order valence-corrected chi connectivity index (χ1v) is 5.55. The largest absolute Gasteiger partial charge is 3.00 e. The van der Waals surface area contributed by atoms with Gasteiger partial charge in [-0.3, -0.25) is 0 Å². The van der Waals surface area contributed by atoms with Gasteiger partial charge < -0.3 is 5.48 Å². The van der Waals surface area contributed by atoms with Gasteiger partial charge in [-0.25, -0.2) is 55.9 Å². The second-order valence-electron chi connectivity index (χ2n) is 1.13. The molecule has 17 heteroatoms. The van der Waals surface area contributed by atoms with Crippen molar-refractivity contribution in [2.24, 2.45) is 0 Å². The van der Waals surface area contributed by atoms with Gasteiger partial charge in [-0.15, -0.1) is 30.7 Å². The van der Waals surface area contributed by atoms with E-state index in [9.17, 15) is 0 Å². The summed E-state index contributed by atoms with van der Waals surface area (Å²) in [6, 6.07) is 0. The molecule has 2 N–H and O–H groups in total. The molecule has 0 heterocycles. The van der Waals surface area contributed by atoms with Crippen LogP contribution >= 0.6 is 0 Å². The van der Waals surface area contributed by atoms with Crippen LogP contribution in [0.1, 0.15) is 0 Å². The summed E-state index contributed by atoms with van der Waals surface area (Å²) in [7, 11) is -14.8. The van der Waals surface area contributed by atoms with Crippen molar-refractivity contribution in [3.05, 3.63) is 0 Å². The van der Waals surface area contributed by atoms with E-state index in [2.05, 4.69) is 0 Å². The molecule has 0 fully saturated rings. The van der Waals surface area contributed by atoms with Crippen LogP contribution < -0.4 is 55.9 Å². The van der Waals surface area contributed by atoms with Gasteiger partial charge in [0.15, 0.2) is 0 Å². The van der Waals surface area contributed by atoms with Gasteiger partial charge in [0, 0.05) is 0 Å². The van der Waals surface area contributed by atoms with Crippen LogP contribution in [0.5, 0.6) is 0 Å². The molecule has 0 aliphatic rings. The van der Waals surface area contributed by atoms with E-state index >= 15 is 0 Å². The van der Waals surface area contributed by atoms with E-state index in [1.807, 2.05) is 0 Å². The number of halogens is 3. The SMILES string of the molecule is O.[Nd+3].[O-][Cl+3]([O-])([O-])[O-].[O-][Cl+3]([O-])([O-])[O-].[O-][Cl+3]([O-])([O-])[O-]. The van der Waals surface area contributed by atoms with E-state index in [0.717, 1.165) is 0 Å². The van der Waals surface area contributed by atoms with Gasteiger partial charge in [0.2, 0.25) is 0 Å². The summed E-state index contributed by atoms with van der Waals surface area (Å²) in [6.07, 6.45) is 0. The predicted octanol–water partition coefficient (Wildman–Crippen LogP) is -15.1. The van der Waals surface area contributed by atoms with Gasteiger partial charge >= 0.3 is 40.8 Å². The van der Waals surface area contributed by atoms with Crippen molar-refractivity contribution < 1.29 is 133 Å². The smallest absolute Gasteiger partial charge is 0.412 e. The quantitative estimate of drug-likeness (QED) is 0.325. The van der Waals surface area contributed by atoms with Crippen molar-refractivity contribution in [3.8, 4) is 0 Å². The molecule has 0 saturated carbocycles. The molecule has 105 valence electrons. The van der Waals surface area contributed by atoms with Crippen molar-refractivity contribution in [3.63, 3.8) is 0 Å². The van der Waals surface area contributed by atoms with E-state index in [0.29, 0.717) is 0 Å². The van der Waals surface area contributed by atoms with Gasteiger partial charge in [0.1, 0.15) is 0 Å². The predicted molar refractivity (Wildman–Crippen MR) is 3.61 cm³/mol. The van der Waals surface area contributed by atoms with Gasteiger partial charge in [-0.1, -0.05) is 0 Å². The molecule has 0 aliphatic carbocycles. The molecule has 13 nitrogen and oxygen atoms in total. The van der Waals surface area contributed by atoms with Crippen molar-refractivity contribution in [2.45, 2.75) is 0 Å². The second-order valence-corrected chi connectivity index (χ2v) is 3.40. The molecule has 0 bridgehead atoms. The van der Waals surface area contributed by atoms with Crippen LogP contribution in [0.2, 0.25) is 0 Å². The van der Waals surface area contributed by atoms with Crippen LogP contribution in [-0.4, -0.2) is 5.48 Å². The Kier molecular flexibility index (Phi) is 23.4. The topological polar surface area (TPSA) is 308 Å². The molecule has 17 heavy (non-hydrogen) atoms. The molecule has 0 rings (SSSR count). The molecule has 0 aromatic carbocycles. The Morgan fingerprint density at radius 2 is 0.353 bits per heavy atom. The van der Waals surface area contributed by atoms with Crippen LogP contribution in [0.15, 0.2) is 0 Å².